The monoisotopic (exact) mass is 922 g/mol. The highest BCUT2D eigenvalue weighted by molar-refractivity contribution is 5.96. The Hall–Kier alpha value is -8.98. The average Bonchev–Trinajstić information content (AvgIpc) is 3.68. The summed E-state index contributed by atoms with van der Waals surface area (Å²) in [6, 6.07) is 99.5. The van der Waals surface area contributed by atoms with Crippen LogP contribution >= 0.6 is 0 Å². The standard InChI is InChI=1S/C70H54N2/c1-49-21-19-34-67-69(49)62-44-43-61(46-68(62)70(67,2)3)72(57-31-17-8-18-32-57)59-41-37-54(38-42-59)66-48-63(51-24-11-5-12-25-51)65(47-64(66)52-26-13-6-14-27-52)53-35-39-58(40-36-53)71(56-29-15-7-16-30-56)60-33-20-28-55(45-60)50-22-9-4-10-23-50/h4-48H,1-3H3. The molecule has 11 aromatic rings. The predicted molar refractivity (Wildman–Crippen MR) is 305 cm³/mol. The maximum atomic E-state index is 2.42. The summed E-state index contributed by atoms with van der Waals surface area (Å²) in [6.07, 6.45) is 0. The molecule has 344 valence electrons. The van der Waals surface area contributed by atoms with E-state index in [1.807, 2.05) is 0 Å². The molecule has 0 bridgehead atoms. The van der Waals surface area contributed by atoms with Gasteiger partial charge in [-0.2, -0.15) is 0 Å². The van der Waals surface area contributed by atoms with Crippen LogP contribution in [0.2, 0.25) is 0 Å². The summed E-state index contributed by atoms with van der Waals surface area (Å²) in [5, 5.41) is 0. The lowest BCUT2D eigenvalue weighted by Crippen LogP contribution is -2.16. The zero-order valence-corrected chi connectivity index (χ0v) is 40.9. The highest BCUT2D eigenvalue weighted by atomic mass is 15.1. The van der Waals surface area contributed by atoms with Crippen LogP contribution in [0.5, 0.6) is 0 Å². The van der Waals surface area contributed by atoms with E-state index in [9.17, 15) is 0 Å². The minimum absolute atomic E-state index is 0.116. The van der Waals surface area contributed by atoms with Gasteiger partial charge < -0.3 is 9.80 Å². The van der Waals surface area contributed by atoms with E-state index in [4.69, 9.17) is 0 Å². The van der Waals surface area contributed by atoms with E-state index in [1.54, 1.807) is 0 Å². The molecular formula is C70H54N2. The minimum Gasteiger partial charge on any atom is -0.310 e. The van der Waals surface area contributed by atoms with Gasteiger partial charge in [0.15, 0.2) is 0 Å². The number of rotatable bonds is 11. The van der Waals surface area contributed by atoms with E-state index >= 15 is 0 Å². The molecule has 0 radical (unpaired) electrons. The minimum atomic E-state index is -0.116. The second kappa shape index (κ2) is 18.7. The fourth-order valence-corrected chi connectivity index (χ4v) is 11.0. The average molecular weight is 923 g/mol. The summed E-state index contributed by atoms with van der Waals surface area (Å²) in [5.41, 5.74) is 25.1. The number of hydrogen-bond acceptors (Lipinski definition) is 2. The fraction of sp³-hybridized carbons (Fsp3) is 0.0571. The normalized spacial score (nSPS) is 12.2. The molecule has 0 spiro atoms. The Bertz CT molecular complexity index is 3680. The summed E-state index contributed by atoms with van der Waals surface area (Å²) >= 11 is 0. The van der Waals surface area contributed by atoms with Gasteiger partial charge in [-0.25, -0.2) is 0 Å². The molecule has 11 aromatic carbocycles. The molecule has 0 aliphatic heterocycles. The van der Waals surface area contributed by atoms with Crippen LogP contribution in [-0.2, 0) is 5.41 Å². The lowest BCUT2D eigenvalue weighted by Gasteiger charge is -2.28. The Morgan fingerprint density at radius 3 is 1.10 bits per heavy atom. The second-order valence-electron chi connectivity index (χ2n) is 19.4. The molecule has 0 saturated heterocycles. The number of nitrogens with zero attached hydrogens (tertiary/aromatic N) is 2. The topological polar surface area (TPSA) is 6.48 Å². The number of anilines is 6. The largest absolute Gasteiger partial charge is 0.310 e. The van der Waals surface area contributed by atoms with Gasteiger partial charge in [0.2, 0.25) is 0 Å². The summed E-state index contributed by atoms with van der Waals surface area (Å²) in [5.74, 6) is 0. The Labute approximate surface area is 424 Å². The van der Waals surface area contributed by atoms with Crippen molar-refractivity contribution in [2.24, 2.45) is 0 Å². The van der Waals surface area contributed by atoms with Crippen LogP contribution in [0.4, 0.5) is 34.1 Å². The number of benzene rings is 11. The molecule has 1 aliphatic rings. The van der Waals surface area contributed by atoms with Gasteiger partial charge in [0, 0.05) is 39.5 Å². The molecule has 0 heterocycles. The molecule has 0 amide bonds. The van der Waals surface area contributed by atoms with Gasteiger partial charge in [0.25, 0.3) is 0 Å². The van der Waals surface area contributed by atoms with Crippen molar-refractivity contribution < 1.29 is 0 Å². The molecule has 72 heavy (non-hydrogen) atoms. The molecule has 0 unspecified atom stereocenters. The van der Waals surface area contributed by atoms with Gasteiger partial charge in [-0.05, 0) is 175 Å². The van der Waals surface area contributed by atoms with Gasteiger partial charge in [-0.1, -0.05) is 202 Å². The summed E-state index contributed by atoms with van der Waals surface area (Å²) in [6.45, 7) is 6.97. The smallest absolute Gasteiger partial charge is 0.0467 e. The van der Waals surface area contributed by atoms with Crippen LogP contribution in [0.25, 0.3) is 66.8 Å². The Balaban J connectivity index is 0.961. The first-order valence-corrected chi connectivity index (χ1v) is 25.0. The molecule has 12 rings (SSSR count). The van der Waals surface area contributed by atoms with Crippen LogP contribution in [0.1, 0.15) is 30.5 Å². The number of para-hydroxylation sites is 2. The Kier molecular flexibility index (Phi) is 11.5. The maximum Gasteiger partial charge on any atom is 0.0467 e. The van der Waals surface area contributed by atoms with Gasteiger partial charge in [0.05, 0.1) is 0 Å². The van der Waals surface area contributed by atoms with Crippen LogP contribution in [0, 0.1) is 6.92 Å². The van der Waals surface area contributed by atoms with Crippen molar-refractivity contribution in [2.45, 2.75) is 26.2 Å². The molecule has 0 saturated carbocycles. The quantitative estimate of drug-likeness (QED) is 0.128. The SMILES string of the molecule is Cc1cccc2c1-c1ccc(N(c3ccccc3)c3ccc(-c4cc(-c5ccccc5)c(-c5ccc(N(c6ccccc6)c6cccc(-c7ccccc7)c6)cc5)cc4-c4ccccc4)cc3)cc1C2(C)C. The third-order valence-electron chi connectivity index (χ3n) is 14.6. The maximum absolute atomic E-state index is 2.42. The fourth-order valence-electron chi connectivity index (χ4n) is 11.0. The van der Waals surface area contributed by atoms with Crippen LogP contribution < -0.4 is 9.80 Å². The van der Waals surface area contributed by atoms with E-state index in [0.29, 0.717) is 0 Å². The van der Waals surface area contributed by atoms with Gasteiger partial charge in [-0.15, -0.1) is 0 Å². The van der Waals surface area contributed by atoms with E-state index in [0.717, 1.165) is 45.3 Å². The predicted octanol–water partition coefficient (Wildman–Crippen LogP) is 19.6. The van der Waals surface area contributed by atoms with Crippen molar-refractivity contribution in [2.75, 3.05) is 9.80 Å². The first kappa shape index (κ1) is 44.2. The van der Waals surface area contributed by atoms with Crippen molar-refractivity contribution in [3.63, 3.8) is 0 Å². The van der Waals surface area contributed by atoms with E-state index in [-0.39, 0.29) is 5.41 Å². The van der Waals surface area contributed by atoms with Crippen molar-refractivity contribution in [1.29, 1.82) is 0 Å². The summed E-state index contributed by atoms with van der Waals surface area (Å²) in [7, 11) is 0. The molecule has 0 atom stereocenters. The van der Waals surface area contributed by atoms with Crippen molar-refractivity contribution in [1.82, 2.24) is 0 Å². The molecule has 0 aromatic heterocycles. The highest BCUT2D eigenvalue weighted by Gasteiger charge is 2.36. The second-order valence-corrected chi connectivity index (χ2v) is 19.4. The first-order valence-electron chi connectivity index (χ1n) is 25.0. The number of aryl methyl sites for hydroxylation is 1. The van der Waals surface area contributed by atoms with Crippen LogP contribution in [0.15, 0.2) is 273 Å². The third kappa shape index (κ3) is 8.17. The van der Waals surface area contributed by atoms with E-state index in [2.05, 4.69) is 304 Å². The molecule has 2 nitrogen and oxygen atoms in total. The highest BCUT2D eigenvalue weighted by Crippen LogP contribution is 2.52. The van der Waals surface area contributed by atoms with E-state index < -0.39 is 0 Å². The van der Waals surface area contributed by atoms with E-state index in [1.165, 1.54) is 72.3 Å². The van der Waals surface area contributed by atoms with Crippen LogP contribution in [-0.4, -0.2) is 0 Å². The molecule has 0 fully saturated rings. The summed E-state index contributed by atoms with van der Waals surface area (Å²) in [4.78, 5) is 4.75. The lowest BCUT2D eigenvalue weighted by atomic mass is 9.82. The zero-order chi connectivity index (χ0) is 48.6. The Morgan fingerprint density at radius 2 is 0.611 bits per heavy atom. The lowest BCUT2D eigenvalue weighted by molar-refractivity contribution is 0.660. The number of fused-ring (bicyclic) bond motifs is 3. The van der Waals surface area contributed by atoms with Crippen LogP contribution in [0.3, 0.4) is 0 Å². The van der Waals surface area contributed by atoms with Crippen molar-refractivity contribution in [3.8, 4) is 66.8 Å². The molecule has 0 N–H and O–H groups in total. The molecular weight excluding hydrogens is 869 g/mol. The van der Waals surface area contributed by atoms with Gasteiger partial charge in [0.1, 0.15) is 0 Å². The Morgan fingerprint density at radius 1 is 0.250 bits per heavy atom. The first-order chi connectivity index (χ1) is 35.4. The molecule has 2 heteroatoms. The molecule has 1 aliphatic carbocycles. The number of hydrogen-bond donors (Lipinski definition) is 0. The van der Waals surface area contributed by atoms with Crippen molar-refractivity contribution >= 4 is 34.1 Å². The zero-order valence-electron chi connectivity index (χ0n) is 40.9. The van der Waals surface area contributed by atoms with Gasteiger partial charge in [-0.3, -0.25) is 0 Å². The third-order valence-corrected chi connectivity index (χ3v) is 14.6. The van der Waals surface area contributed by atoms with Gasteiger partial charge >= 0.3 is 0 Å². The summed E-state index contributed by atoms with van der Waals surface area (Å²) < 4.78 is 0. The van der Waals surface area contributed by atoms with Crippen molar-refractivity contribution in [3.05, 3.63) is 290 Å².